The molecule has 1 aliphatic heterocycles. The number of nitrogens with zero attached hydrogens (tertiary/aromatic N) is 1. The topological polar surface area (TPSA) is 78.9 Å². The number of aromatic hydroxyl groups is 1. The van der Waals surface area contributed by atoms with Crippen LogP contribution in [0.15, 0.2) is 18.2 Å². The van der Waals surface area contributed by atoms with Crippen LogP contribution in [0.1, 0.15) is 23.7 Å². The average molecular weight is 278 g/mol. The summed E-state index contributed by atoms with van der Waals surface area (Å²) in [5, 5.41) is 12.5. The molecule has 1 unspecified atom stereocenters. The summed E-state index contributed by atoms with van der Waals surface area (Å²) in [4.78, 5) is 25.0. The van der Waals surface area contributed by atoms with Gasteiger partial charge < -0.3 is 20.1 Å². The molecule has 20 heavy (non-hydrogen) atoms. The maximum Gasteiger partial charge on any atom is 0.254 e. The van der Waals surface area contributed by atoms with E-state index in [1.54, 1.807) is 17.0 Å². The minimum atomic E-state index is -0.157. The van der Waals surface area contributed by atoms with Crippen molar-refractivity contribution in [2.24, 2.45) is 0 Å². The fourth-order valence-corrected chi connectivity index (χ4v) is 2.36. The van der Waals surface area contributed by atoms with Crippen LogP contribution < -0.4 is 10.1 Å². The van der Waals surface area contributed by atoms with E-state index >= 15 is 0 Å². The highest BCUT2D eigenvalue weighted by atomic mass is 16.5. The van der Waals surface area contributed by atoms with E-state index in [1.165, 1.54) is 20.1 Å². The van der Waals surface area contributed by atoms with Gasteiger partial charge in [0.2, 0.25) is 5.91 Å². The van der Waals surface area contributed by atoms with Gasteiger partial charge in [-0.15, -0.1) is 0 Å². The molecule has 0 radical (unpaired) electrons. The normalized spacial score (nSPS) is 17.9. The first-order chi connectivity index (χ1) is 9.51. The molecule has 1 saturated heterocycles. The molecule has 6 heteroatoms. The summed E-state index contributed by atoms with van der Waals surface area (Å²) in [6.07, 6.45) is 0.744. The molecule has 108 valence electrons. The molecule has 1 atom stereocenters. The Morgan fingerprint density at radius 3 is 2.80 bits per heavy atom. The summed E-state index contributed by atoms with van der Waals surface area (Å²) >= 11 is 0. The molecular weight excluding hydrogens is 260 g/mol. The van der Waals surface area contributed by atoms with Crippen LogP contribution in [-0.4, -0.2) is 48.1 Å². The van der Waals surface area contributed by atoms with Crippen LogP contribution in [0.25, 0.3) is 0 Å². The van der Waals surface area contributed by atoms with E-state index in [0.29, 0.717) is 24.4 Å². The van der Waals surface area contributed by atoms with Gasteiger partial charge in [-0.1, -0.05) is 0 Å². The van der Waals surface area contributed by atoms with Gasteiger partial charge in [0.05, 0.1) is 7.11 Å². The highest BCUT2D eigenvalue weighted by molar-refractivity contribution is 5.95. The fourth-order valence-electron chi connectivity index (χ4n) is 2.36. The second-order valence-electron chi connectivity index (χ2n) is 4.82. The van der Waals surface area contributed by atoms with Gasteiger partial charge in [-0.3, -0.25) is 9.59 Å². The van der Waals surface area contributed by atoms with Crippen molar-refractivity contribution in [2.45, 2.75) is 19.4 Å². The van der Waals surface area contributed by atoms with Crippen LogP contribution in [0.3, 0.4) is 0 Å². The zero-order chi connectivity index (χ0) is 14.7. The Balaban J connectivity index is 2.05. The molecule has 0 spiro atoms. The smallest absolute Gasteiger partial charge is 0.254 e. The largest absolute Gasteiger partial charge is 0.504 e. The van der Waals surface area contributed by atoms with E-state index in [2.05, 4.69) is 5.32 Å². The van der Waals surface area contributed by atoms with Crippen molar-refractivity contribution < 1.29 is 19.4 Å². The lowest BCUT2D eigenvalue weighted by molar-refractivity contribution is -0.119. The van der Waals surface area contributed by atoms with E-state index in [9.17, 15) is 14.7 Å². The number of phenolic OH excluding ortho intramolecular Hbond substituents is 1. The molecule has 0 aliphatic carbocycles. The minimum Gasteiger partial charge on any atom is -0.504 e. The van der Waals surface area contributed by atoms with E-state index in [4.69, 9.17) is 4.74 Å². The Morgan fingerprint density at radius 1 is 1.45 bits per heavy atom. The Morgan fingerprint density at radius 2 is 2.20 bits per heavy atom. The molecule has 0 bridgehead atoms. The van der Waals surface area contributed by atoms with E-state index in [0.717, 1.165) is 6.42 Å². The number of benzene rings is 1. The number of ether oxygens (including phenoxy) is 1. The molecule has 1 heterocycles. The number of carbonyl (C=O) groups excluding carboxylic acids is 2. The fraction of sp³-hybridized carbons (Fsp3) is 0.429. The quantitative estimate of drug-likeness (QED) is 0.855. The molecule has 1 aromatic carbocycles. The summed E-state index contributed by atoms with van der Waals surface area (Å²) in [5.41, 5.74) is 0.409. The molecule has 2 N–H and O–H groups in total. The summed E-state index contributed by atoms with van der Waals surface area (Å²) in [7, 11) is 1.45. The first-order valence-electron chi connectivity index (χ1n) is 6.44. The van der Waals surface area contributed by atoms with Crippen LogP contribution in [0.4, 0.5) is 0 Å². The van der Waals surface area contributed by atoms with Crippen LogP contribution in [0.5, 0.6) is 11.5 Å². The number of methoxy groups -OCH3 is 1. The van der Waals surface area contributed by atoms with Crippen molar-refractivity contribution in [1.82, 2.24) is 10.2 Å². The first-order valence-corrected chi connectivity index (χ1v) is 6.44. The average Bonchev–Trinajstić information content (AvgIpc) is 2.85. The van der Waals surface area contributed by atoms with Crippen molar-refractivity contribution in [3.05, 3.63) is 23.8 Å². The van der Waals surface area contributed by atoms with Gasteiger partial charge in [0, 0.05) is 31.6 Å². The molecule has 6 nitrogen and oxygen atoms in total. The maximum absolute atomic E-state index is 12.3. The first kappa shape index (κ1) is 14.2. The molecule has 2 rings (SSSR count). The molecular formula is C14H18N2O4. The number of likely N-dealkylation sites (tertiary alicyclic amines) is 1. The number of hydrogen-bond donors (Lipinski definition) is 2. The minimum absolute atomic E-state index is 0.00305. The molecule has 2 amide bonds. The number of nitrogens with one attached hydrogen (secondary N) is 1. The van der Waals surface area contributed by atoms with Gasteiger partial charge in [0.1, 0.15) is 0 Å². The second kappa shape index (κ2) is 5.81. The third kappa shape index (κ3) is 3.01. The maximum atomic E-state index is 12.3. The summed E-state index contributed by atoms with van der Waals surface area (Å²) in [5.74, 6) is 0.0252. The Kier molecular flexibility index (Phi) is 4.12. The highest BCUT2D eigenvalue weighted by Gasteiger charge is 2.27. The third-order valence-electron chi connectivity index (χ3n) is 3.31. The number of amides is 2. The summed E-state index contributed by atoms with van der Waals surface area (Å²) < 4.78 is 4.94. The van der Waals surface area contributed by atoms with Crippen LogP contribution in [0.2, 0.25) is 0 Å². The predicted octanol–water partition coefficient (Wildman–Crippen LogP) is 0.751. The Labute approximate surface area is 117 Å². The molecule has 0 saturated carbocycles. The lowest BCUT2D eigenvalue weighted by atomic mass is 10.2. The molecule has 1 aliphatic rings. The van der Waals surface area contributed by atoms with E-state index < -0.39 is 0 Å². The van der Waals surface area contributed by atoms with Gasteiger partial charge >= 0.3 is 0 Å². The van der Waals surface area contributed by atoms with Crippen LogP contribution in [-0.2, 0) is 4.79 Å². The SMILES string of the molecule is COc1ccc(C(=O)N2CCC(NC(C)=O)C2)cc1O. The number of hydrogen-bond acceptors (Lipinski definition) is 4. The van der Waals surface area contributed by atoms with Gasteiger partial charge in [0.25, 0.3) is 5.91 Å². The van der Waals surface area contributed by atoms with Crippen molar-refractivity contribution in [1.29, 1.82) is 0 Å². The van der Waals surface area contributed by atoms with E-state index in [1.807, 2.05) is 0 Å². The van der Waals surface area contributed by atoms with Gasteiger partial charge in [-0.25, -0.2) is 0 Å². The van der Waals surface area contributed by atoms with Gasteiger partial charge in [0.15, 0.2) is 11.5 Å². The number of phenols is 1. The second-order valence-corrected chi connectivity index (χ2v) is 4.82. The number of carbonyl (C=O) groups is 2. The zero-order valence-electron chi connectivity index (χ0n) is 11.5. The predicted molar refractivity (Wildman–Crippen MR) is 72.8 cm³/mol. The molecule has 0 aromatic heterocycles. The monoisotopic (exact) mass is 278 g/mol. The highest BCUT2D eigenvalue weighted by Crippen LogP contribution is 2.27. The van der Waals surface area contributed by atoms with Crippen LogP contribution in [0, 0.1) is 0 Å². The third-order valence-corrected chi connectivity index (χ3v) is 3.31. The van der Waals surface area contributed by atoms with Crippen LogP contribution >= 0.6 is 0 Å². The van der Waals surface area contributed by atoms with Crippen molar-refractivity contribution in [3.8, 4) is 11.5 Å². The van der Waals surface area contributed by atoms with Crippen molar-refractivity contribution in [2.75, 3.05) is 20.2 Å². The van der Waals surface area contributed by atoms with E-state index in [-0.39, 0.29) is 23.6 Å². The van der Waals surface area contributed by atoms with Crippen molar-refractivity contribution in [3.63, 3.8) is 0 Å². The lowest BCUT2D eigenvalue weighted by Gasteiger charge is -2.17. The standard InChI is InChI=1S/C14H18N2O4/c1-9(17)15-11-5-6-16(8-11)14(19)10-3-4-13(20-2)12(18)7-10/h3-4,7,11,18H,5-6,8H2,1-2H3,(H,15,17). The van der Waals surface area contributed by atoms with Crippen molar-refractivity contribution >= 4 is 11.8 Å². The molecule has 1 aromatic rings. The van der Waals surface area contributed by atoms with Gasteiger partial charge in [-0.2, -0.15) is 0 Å². The molecule has 1 fully saturated rings. The summed E-state index contributed by atoms with van der Waals surface area (Å²) in [6, 6.07) is 4.58. The summed E-state index contributed by atoms with van der Waals surface area (Å²) in [6.45, 7) is 2.55. The Bertz CT molecular complexity index is 530. The zero-order valence-corrected chi connectivity index (χ0v) is 11.5. The number of rotatable bonds is 3. The lowest BCUT2D eigenvalue weighted by Crippen LogP contribution is -2.37. The Hall–Kier alpha value is -2.24. The van der Waals surface area contributed by atoms with Gasteiger partial charge in [-0.05, 0) is 24.6 Å².